The largest absolute Gasteiger partial charge is 0.373 e. The lowest BCUT2D eigenvalue weighted by Gasteiger charge is -1.96. The molecule has 2 aliphatic rings. The fraction of sp³-hybridized carbons (Fsp3) is 0.375. The van der Waals surface area contributed by atoms with Crippen LogP contribution < -0.4 is 0 Å². The molecule has 0 atom stereocenters. The highest BCUT2D eigenvalue weighted by Crippen LogP contribution is 2.21. The summed E-state index contributed by atoms with van der Waals surface area (Å²) in [5.41, 5.74) is 2.27. The van der Waals surface area contributed by atoms with E-state index in [1.807, 2.05) is 6.08 Å². The number of hydrogen-bond acceptors (Lipinski definition) is 2. The summed E-state index contributed by atoms with van der Waals surface area (Å²) in [5.74, 6) is 0. The van der Waals surface area contributed by atoms with Gasteiger partial charge in [-0.2, -0.15) is 0 Å². The molecule has 0 fully saturated rings. The molecule has 0 N–H and O–H groups in total. The van der Waals surface area contributed by atoms with E-state index in [1.165, 1.54) is 5.57 Å². The van der Waals surface area contributed by atoms with Crippen molar-refractivity contribution in [3.8, 4) is 0 Å². The predicted octanol–water partition coefficient (Wildman–Crippen LogP) is 0.938. The standard InChI is InChI=1S/C8H8O2/c1-3-9-5-7(1)8-2-4-10-6-8/h1-2H,3-5H2. The van der Waals surface area contributed by atoms with E-state index in [4.69, 9.17) is 9.47 Å². The minimum Gasteiger partial charge on any atom is -0.373 e. The zero-order valence-corrected chi connectivity index (χ0v) is 5.59. The van der Waals surface area contributed by atoms with Crippen LogP contribution in [0.3, 0.4) is 0 Å². The third kappa shape index (κ3) is 1.00. The van der Waals surface area contributed by atoms with Gasteiger partial charge in [-0.25, -0.2) is 0 Å². The van der Waals surface area contributed by atoms with Crippen molar-refractivity contribution in [1.29, 1.82) is 0 Å². The van der Waals surface area contributed by atoms with Gasteiger partial charge in [0.05, 0.1) is 19.8 Å². The van der Waals surface area contributed by atoms with Crippen LogP contribution in [-0.4, -0.2) is 19.8 Å². The van der Waals surface area contributed by atoms with E-state index in [0.29, 0.717) is 13.2 Å². The molecule has 0 unspecified atom stereocenters. The van der Waals surface area contributed by atoms with Crippen molar-refractivity contribution in [2.45, 2.75) is 0 Å². The van der Waals surface area contributed by atoms with Gasteiger partial charge in [0.25, 0.3) is 0 Å². The smallest absolute Gasteiger partial charge is 0.166 e. The fourth-order valence-corrected chi connectivity index (χ4v) is 1.06. The molecule has 2 radical (unpaired) electrons. The van der Waals surface area contributed by atoms with Gasteiger partial charge in [0.2, 0.25) is 0 Å². The van der Waals surface area contributed by atoms with Crippen molar-refractivity contribution < 1.29 is 9.47 Å². The second-order valence-electron chi connectivity index (χ2n) is 2.28. The normalized spacial score (nSPS) is 24.8. The van der Waals surface area contributed by atoms with Gasteiger partial charge in [0, 0.05) is 0 Å². The molecule has 2 aliphatic heterocycles. The molecular formula is C8H8O2. The molecule has 0 saturated heterocycles. The molecular weight excluding hydrogens is 128 g/mol. The van der Waals surface area contributed by atoms with Crippen molar-refractivity contribution in [2.75, 3.05) is 19.8 Å². The minimum atomic E-state index is 0.659. The average Bonchev–Trinajstić information content (AvgIpc) is 2.59. The van der Waals surface area contributed by atoms with E-state index in [9.17, 15) is 0 Å². The van der Waals surface area contributed by atoms with Gasteiger partial charge < -0.3 is 9.47 Å². The Bertz CT molecular complexity index is 169. The Morgan fingerprint density at radius 1 is 1.30 bits per heavy atom. The van der Waals surface area contributed by atoms with E-state index in [0.717, 1.165) is 12.2 Å². The van der Waals surface area contributed by atoms with Crippen molar-refractivity contribution in [3.05, 3.63) is 29.9 Å². The molecule has 10 heavy (non-hydrogen) atoms. The van der Waals surface area contributed by atoms with Crippen molar-refractivity contribution in [1.82, 2.24) is 0 Å². The minimum absolute atomic E-state index is 0.659. The second-order valence-corrected chi connectivity index (χ2v) is 2.28. The lowest BCUT2D eigenvalue weighted by molar-refractivity contribution is 0.208. The molecule has 0 bridgehead atoms. The van der Waals surface area contributed by atoms with Crippen LogP contribution in [0.2, 0.25) is 0 Å². The van der Waals surface area contributed by atoms with Gasteiger partial charge in [-0.1, -0.05) is 12.2 Å². The quantitative estimate of drug-likeness (QED) is 0.534. The summed E-state index contributed by atoms with van der Waals surface area (Å²) in [6.45, 7) is 4.91. The Labute approximate surface area is 60.1 Å². The van der Waals surface area contributed by atoms with E-state index in [2.05, 4.69) is 12.7 Å². The van der Waals surface area contributed by atoms with Gasteiger partial charge in [0.15, 0.2) is 6.61 Å². The van der Waals surface area contributed by atoms with E-state index >= 15 is 0 Å². The highest BCUT2D eigenvalue weighted by Gasteiger charge is 2.14. The zero-order chi connectivity index (χ0) is 6.81. The molecule has 0 saturated carbocycles. The van der Waals surface area contributed by atoms with E-state index < -0.39 is 0 Å². The molecule has 0 aromatic carbocycles. The SMILES string of the molecule is [C]1OCC=C1C1=CCOC1. The highest BCUT2D eigenvalue weighted by molar-refractivity contribution is 5.39. The monoisotopic (exact) mass is 136 g/mol. The maximum atomic E-state index is 5.14. The number of rotatable bonds is 1. The van der Waals surface area contributed by atoms with Gasteiger partial charge in [0.1, 0.15) is 0 Å². The molecule has 52 valence electrons. The molecule has 0 aromatic heterocycles. The average molecular weight is 136 g/mol. The van der Waals surface area contributed by atoms with E-state index in [-0.39, 0.29) is 0 Å². The van der Waals surface area contributed by atoms with Crippen LogP contribution >= 0.6 is 0 Å². The highest BCUT2D eigenvalue weighted by atomic mass is 16.5. The third-order valence-corrected chi connectivity index (χ3v) is 1.60. The first-order valence-electron chi connectivity index (χ1n) is 3.32. The van der Waals surface area contributed by atoms with E-state index in [1.54, 1.807) is 0 Å². The maximum absolute atomic E-state index is 5.14. The van der Waals surface area contributed by atoms with Crippen LogP contribution in [-0.2, 0) is 9.47 Å². The first-order chi connectivity index (χ1) is 4.97. The summed E-state index contributed by atoms with van der Waals surface area (Å²) >= 11 is 0. The fourth-order valence-electron chi connectivity index (χ4n) is 1.06. The Hall–Kier alpha value is -0.600. The summed E-state index contributed by atoms with van der Waals surface area (Å²) in [4.78, 5) is 0. The van der Waals surface area contributed by atoms with Crippen LogP contribution in [0.15, 0.2) is 23.3 Å². The van der Waals surface area contributed by atoms with Gasteiger partial charge in [-0.3, -0.25) is 0 Å². The maximum Gasteiger partial charge on any atom is 0.166 e. The van der Waals surface area contributed by atoms with Crippen LogP contribution in [0.1, 0.15) is 0 Å². The first-order valence-corrected chi connectivity index (χ1v) is 3.32. The van der Waals surface area contributed by atoms with Crippen molar-refractivity contribution in [2.24, 2.45) is 0 Å². The summed E-state index contributed by atoms with van der Waals surface area (Å²) in [5, 5.41) is 0. The van der Waals surface area contributed by atoms with Gasteiger partial charge in [-0.05, 0) is 11.1 Å². The summed E-state index contributed by atoms with van der Waals surface area (Å²) in [6.07, 6.45) is 4.08. The predicted molar refractivity (Wildman–Crippen MR) is 36.2 cm³/mol. The Morgan fingerprint density at radius 2 is 2.30 bits per heavy atom. The number of ether oxygens (including phenoxy) is 2. The van der Waals surface area contributed by atoms with Crippen molar-refractivity contribution >= 4 is 0 Å². The zero-order valence-electron chi connectivity index (χ0n) is 5.59. The molecule has 0 spiro atoms. The third-order valence-electron chi connectivity index (χ3n) is 1.60. The lowest BCUT2D eigenvalue weighted by atomic mass is 10.1. The molecule has 2 nitrogen and oxygen atoms in total. The van der Waals surface area contributed by atoms with Crippen LogP contribution in [0.4, 0.5) is 0 Å². The Balaban J connectivity index is 2.10. The molecule has 0 aliphatic carbocycles. The lowest BCUT2D eigenvalue weighted by Crippen LogP contribution is -1.90. The Morgan fingerprint density at radius 3 is 2.90 bits per heavy atom. The molecule has 2 rings (SSSR count). The Kier molecular flexibility index (Phi) is 1.57. The first kappa shape index (κ1) is 6.13. The summed E-state index contributed by atoms with van der Waals surface area (Å²) < 4.78 is 10.1. The molecule has 0 amide bonds. The van der Waals surface area contributed by atoms with Crippen LogP contribution in [0.5, 0.6) is 0 Å². The number of hydrogen-bond donors (Lipinski definition) is 0. The van der Waals surface area contributed by atoms with Gasteiger partial charge >= 0.3 is 0 Å². The van der Waals surface area contributed by atoms with Gasteiger partial charge in [-0.15, -0.1) is 0 Å². The van der Waals surface area contributed by atoms with Crippen molar-refractivity contribution in [3.63, 3.8) is 0 Å². The molecule has 2 heteroatoms. The molecule has 0 aromatic rings. The molecule has 2 heterocycles. The second kappa shape index (κ2) is 2.56. The summed E-state index contributed by atoms with van der Waals surface area (Å²) in [6, 6.07) is 0. The van der Waals surface area contributed by atoms with Crippen LogP contribution in [0, 0.1) is 6.61 Å². The summed E-state index contributed by atoms with van der Waals surface area (Å²) in [7, 11) is 0. The van der Waals surface area contributed by atoms with Crippen LogP contribution in [0.25, 0.3) is 0 Å². The topological polar surface area (TPSA) is 18.5 Å².